The third-order valence-corrected chi connectivity index (χ3v) is 4.76. The molecule has 5 heteroatoms. The zero-order valence-corrected chi connectivity index (χ0v) is 16.5. The number of carbonyl (C=O) groups is 1. The van der Waals surface area contributed by atoms with Gasteiger partial charge < -0.3 is 5.32 Å². The van der Waals surface area contributed by atoms with Crippen molar-refractivity contribution in [3.05, 3.63) is 82.4 Å². The molecule has 1 N–H and O–H groups in total. The van der Waals surface area contributed by atoms with Crippen molar-refractivity contribution in [1.29, 1.82) is 0 Å². The zero-order chi connectivity index (χ0) is 19.6. The van der Waals surface area contributed by atoms with Gasteiger partial charge in [0.1, 0.15) is 5.69 Å². The Morgan fingerprint density at radius 1 is 1.15 bits per heavy atom. The number of rotatable bonds is 5. The molecule has 1 amide bonds. The number of aryl methyl sites for hydroxylation is 3. The zero-order valence-electron chi connectivity index (χ0n) is 16.5. The van der Waals surface area contributed by atoms with Gasteiger partial charge in [-0.2, -0.15) is 5.10 Å². The first-order chi connectivity index (χ1) is 12.9. The SMILES string of the molecule is Cc1ccc(C)c(C(NC(=O)c2cc(C(C)C)nn2C)c2cccnc2)c1. The second-order valence-corrected chi connectivity index (χ2v) is 7.29. The average Bonchev–Trinajstić information content (AvgIpc) is 3.05. The smallest absolute Gasteiger partial charge is 0.270 e. The molecule has 0 radical (unpaired) electrons. The average molecular weight is 362 g/mol. The predicted octanol–water partition coefficient (Wildman–Crippen LogP) is 4.07. The highest BCUT2D eigenvalue weighted by Crippen LogP contribution is 2.26. The monoisotopic (exact) mass is 362 g/mol. The molecule has 140 valence electrons. The largest absolute Gasteiger partial charge is 0.340 e. The van der Waals surface area contributed by atoms with Gasteiger partial charge in [0.15, 0.2) is 0 Å². The molecule has 27 heavy (non-hydrogen) atoms. The molecular weight excluding hydrogens is 336 g/mol. The summed E-state index contributed by atoms with van der Waals surface area (Å²) < 4.78 is 1.65. The molecule has 0 aliphatic rings. The lowest BCUT2D eigenvalue weighted by Gasteiger charge is -2.22. The number of amides is 1. The summed E-state index contributed by atoms with van der Waals surface area (Å²) in [7, 11) is 1.80. The lowest BCUT2D eigenvalue weighted by Crippen LogP contribution is -2.31. The van der Waals surface area contributed by atoms with Gasteiger partial charge in [0.05, 0.1) is 11.7 Å². The van der Waals surface area contributed by atoms with Crippen LogP contribution in [0.3, 0.4) is 0 Å². The number of aromatic nitrogens is 3. The van der Waals surface area contributed by atoms with Crippen molar-refractivity contribution in [2.75, 3.05) is 0 Å². The van der Waals surface area contributed by atoms with Crippen molar-refractivity contribution in [3.8, 4) is 0 Å². The molecule has 1 atom stereocenters. The van der Waals surface area contributed by atoms with E-state index >= 15 is 0 Å². The molecule has 0 aliphatic carbocycles. The van der Waals surface area contributed by atoms with Crippen LogP contribution in [-0.2, 0) is 7.05 Å². The van der Waals surface area contributed by atoms with E-state index in [0.717, 1.165) is 27.9 Å². The number of pyridine rings is 1. The van der Waals surface area contributed by atoms with Crippen molar-refractivity contribution in [2.24, 2.45) is 7.05 Å². The van der Waals surface area contributed by atoms with E-state index in [1.54, 1.807) is 24.1 Å². The summed E-state index contributed by atoms with van der Waals surface area (Å²) in [5, 5.41) is 7.65. The first-order valence-electron chi connectivity index (χ1n) is 9.18. The van der Waals surface area contributed by atoms with Gasteiger partial charge in [-0.15, -0.1) is 0 Å². The molecule has 0 spiro atoms. The molecule has 0 saturated carbocycles. The summed E-state index contributed by atoms with van der Waals surface area (Å²) in [6.07, 6.45) is 3.54. The Bertz CT molecular complexity index is 944. The van der Waals surface area contributed by atoms with Gasteiger partial charge in [0.2, 0.25) is 0 Å². The summed E-state index contributed by atoms with van der Waals surface area (Å²) in [6, 6.07) is 11.8. The Hall–Kier alpha value is -2.95. The van der Waals surface area contributed by atoms with Crippen LogP contribution < -0.4 is 5.32 Å². The first-order valence-corrected chi connectivity index (χ1v) is 9.18. The molecule has 3 rings (SSSR count). The van der Waals surface area contributed by atoms with Crippen LogP contribution in [-0.4, -0.2) is 20.7 Å². The molecule has 1 unspecified atom stereocenters. The number of nitrogens with one attached hydrogen (secondary N) is 1. The van der Waals surface area contributed by atoms with Crippen LogP contribution in [0.25, 0.3) is 0 Å². The van der Waals surface area contributed by atoms with E-state index < -0.39 is 0 Å². The van der Waals surface area contributed by atoms with Gasteiger partial charge >= 0.3 is 0 Å². The number of hydrogen-bond acceptors (Lipinski definition) is 3. The third kappa shape index (κ3) is 4.08. The molecular formula is C22H26N4O. The van der Waals surface area contributed by atoms with Crippen LogP contribution in [0.1, 0.15) is 64.2 Å². The Balaban J connectivity index is 1.99. The Morgan fingerprint density at radius 3 is 2.56 bits per heavy atom. The van der Waals surface area contributed by atoms with E-state index in [-0.39, 0.29) is 17.9 Å². The third-order valence-electron chi connectivity index (χ3n) is 4.76. The Kier molecular flexibility index (Phi) is 5.40. The van der Waals surface area contributed by atoms with Gasteiger partial charge in [-0.1, -0.05) is 43.7 Å². The summed E-state index contributed by atoms with van der Waals surface area (Å²) >= 11 is 0. The summed E-state index contributed by atoms with van der Waals surface area (Å²) in [4.78, 5) is 17.3. The van der Waals surface area contributed by atoms with E-state index in [9.17, 15) is 4.79 Å². The fourth-order valence-electron chi connectivity index (χ4n) is 3.15. The van der Waals surface area contributed by atoms with Gasteiger partial charge in [-0.05, 0) is 48.6 Å². The second kappa shape index (κ2) is 7.74. The number of benzene rings is 1. The normalized spacial score (nSPS) is 12.2. The number of nitrogens with zero attached hydrogens (tertiary/aromatic N) is 3. The quantitative estimate of drug-likeness (QED) is 0.744. The second-order valence-electron chi connectivity index (χ2n) is 7.29. The standard InChI is InChI=1S/C22H26N4O/c1-14(2)19-12-20(26(5)25-19)22(27)24-21(17-7-6-10-23-13-17)18-11-15(3)8-9-16(18)4/h6-14,21H,1-5H3,(H,24,27). The number of carbonyl (C=O) groups excluding carboxylic acids is 1. The van der Waals surface area contributed by atoms with Crippen LogP contribution in [0.2, 0.25) is 0 Å². The van der Waals surface area contributed by atoms with Crippen LogP contribution in [0.4, 0.5) is 0 Å². The highest BCUT2D eigenvalue weighted by atomic mass is 16.2. The van der Waals surface area contributed by atoms with Crippen molar-refractivity contribution in [3.63, 3.8) is 0 Å². The minimum atomic E-state index is -0.275. The van der Waals surface area contributed by atoms with E-state index in [0.29, 0.717) is 5.69 Å². The van der Waals surface area contributed by atoms with Gasteiger partial charge in [-0.3, -0.25) is 14.5 Å². The van der Waals surface area contributed by atoms with Crippen molar-refractivity contribution >= 4 is 5.91 Å². The minimum Gasteiger partial charge on any atom is -0.340 e. The minimum absolute atomic E-state index is 0.147. The highest BCUT2D eigenvalue weighted by molar-refractivity contribution is 5.93. The fourth-order valence-corrected chi connectivity index (χ4v) is 3.15. The predicted molar refractivity (Wildman–Crippen MR) is 107 cm³/mol. The molecule has 5 nitrogen and oxygen atoms in total. The molecule has 0 fully saturated rings. The maximum Gasteiger partial charge on any atom is 0.270 e. The van der Waals surface area contributed by atoms with Crippen LogP contribution in [0.5, 0.6) is 0 Å². The highest BCUT2D eigenvalue weighted by Gasteiger charge is 2.22. The van der Waals surface area contributed by atoms with Crippen LogP contribution >= 0.6 is 0 Å². The molecule has 1 aromatic carbocycles. The Morgan fingerprint density at radius 2 is 1.93 bits per heavy atom. The molecule has 2 heterocycles. The van der Waals surface area contributed by atoms with Gasteiger partial charge in [0.25, 0.3) is 5.91 Å². The van der Waals surface area contributed by atoms with Crippen LogP contribution in [0, 0.1) is 13.8 Å². The number of hydrogen-bond donors (Lipinski definition) is 1. The molecule has 0 bridgehead atoms. The molecule has 0 saturated heterocycles. The molecule has 0 aliphatic heterocycles. The lowest BCUT2D eigenvalue weighted by atomic mass is 9.94. The van der Waals surface area contributed by atoms with Crippen molar-refractivity contribution < 1.29 is 4.79 Å². The first kappa shape index (κ1) is 18.8. The Labute approximate surface area is 160 Å². The molecule has 3 aromatic rings. The van der Waals surface area contributed by atoms with E-state index in [4.69, 9.17) is 0 Å². The van der Waals surface area contributed by atoms with E-state index in [1.807, 2.05) is 18.2 Å². The van der Waals surface area contributed by atoms with Gasteiger partial charge in [0, 0.05) is 19.4 Å². The van der Waals surface area contributed by atoms with E-state index in [1.165, 1.54) is 0 Å². The van der Waals surface area contributed by atoms with Crippen molar-refractivity contribution in [2.45, 2.75) is 39.7 Å². The summed E-state index contributed by atoms with van der Waals surface area (Å²) in [5.41, 5.74) is 5.77. The fraction of sp³-hybridized carbons (Fsp3) is 0.318. The van der Waals surface area contributed by atoms with Gasteiger partial charge in [-0.25, -0.2) is 0 Å². The van der Waals surface area contributed by atoms with Crippen LogP contribution in [0.15, 0.2) is 48.8 Å². The summed E-state index contributed by atoms with van der Waals surface area (Å²) in [5.74, 6) is 0.123. The maximum absolute atomic E-state index is 13.1. The van der Waals surface area contributed by atoms with E-state index in [2.05, 4.69) is 61.3 Å². The summed E-state index contributed by atoms with van der Waals surface area (Å²) in [6.45, 7) is 8.25. The van der Waals surface area contributed by atoms with Crippen molar-refractivity contribution in [1.82, 2.24) is 20.1 Å². The lowest BCUT2D eigenvalue weighted by molar-refractivity contribution is 0.0933. The molecule has 2 aromatic heterocycles. The maximum atomic E-state index is 13.1. The topological polar surface area (TPSA) is 59.8 Å².